The van der Waals surface area contributed by atoms with E-state index >= 15 is 0 Å². The van der Waals surface area contributed by atoms with Crippen molar-refractivity contribution in [1.29, 1.82) is 5.26 Å². The van der Waals surface area contributed by atoms with E-state index in [2.05, 4.69) is 16.5 Å². The molecule has 2 aromatic rings. The zero-order valence-corrected chi connectivity index (χ0v) is 10.5. The maximum atomic E-state index is 8.80. The Kier molecular flexibility index (Phi) is 3.75. The van der Waals surface area contributed by atoms with Crippen molar-refractivity contribution in [2.45, 2.75) is 26.9 Å². The molecule has 1 aromatic carbocycles. The van der Waals surface area contributed by atoms with Crippen LogP contribution in [0.15, 0.2) is 28.8 Å². The summed E-state index contributed by atoms with van der Waals surface area (Å²) in [6.07, 6.45) is 0. The molecule has 18 heavy (non-hydrogen) atoms. The van der Waals surface area contributed by atoms with Gasteiger partial charge in [0.1, 0.15) is 0 Å². The van der Waals surface area contributed by atoms with E-state index in [1.807, 2.05) is 38.1 Å². The Morgan fingerprint density at radius 2 is 2.11 bits per heavy atom. The zero-order chi connectivity index (χ0) is 13.0. The molecule has 0 bridgehead atoms. The summed E-state index contributed by atoms with van der Waals surface area (Å²) in [7, 11) is 0. The van der Waals surface area contributed by atoms with Crippen molar-refractivity contribution in [3.05, 3.63) is 52.4 Å². The van der Waals surface area contributed by atoms with Crippen LogP contribution in [0.1, 0.15) is 28.1 Å². The van der Waals surface area contributed by atoms with Gasteiger partial charge in [-0.25, -0.2) is 0 Å². The van der Waals surface area contributed by atoms with Gasteiger partial charge in [0, 0.05) is 12.6 Å². The lowest BCUT2D eigenvalue weighted by Crippen LogP contribution is -2.13. The molecule has 1 aromatic heterocycles. The molecule has 92 valence electrons. The molecule has 1 heterocycles. The Labute approximate surface area is 106 Å². The van der Waals surface area contributed by atoms with Crippen LogP contribution in [0.2, 0.25) is 0 Å². The van der Waals surface area contributed by atoms with Gasteiger partial charge in [-0.05, 0) is 37.1 Å². The van der Waals surface area contributed by atoms with Gasteiger partial charge >= 0.3 is 0 Å². The van der Waals surface area contributed by atoms with Crippen molar-refractivity contribution in [1.82, 2.24) is 10.5 Å². The summed E-state index contributed by atoms with van der Waals surface area (Å²) < 4.78 is 5.11. The van der Waals surface area contributed by atoms with Gasteiger partial charge in [-0.15, -0.1) is 0 Å². The fourth-order valence-corrected chi connectivity index (χ4v) is 1.78. The molecule has 4 nitrogen and oxygen atoms in total. The third-order valence-electron chi connectivity index (χ3n) is 2.76. The molecule has 0 atom stereocenters. The van der Waals surface area contributed by atoms with E-state index in [0.29, 0.717) is 12.1 Å². The third kappa shape index (κ3) is 2.96. The number of nitriles is 1. The van der Waals surface area contributed by atoms with E-state index in [-0.39, 0.29) is 0 Å². The summed E-state index contributed by atoms with van der Waals surface area (Å²) >= 11 is 0. The van der Waals surface area contributed by atoms with Crippen molar-refractivity contribution < 1.29 is 4.52 Å². The summed E-state index contributed by atoms with van der Waals surface area (Å²) in [5.41, 5.74) is 3.89. The number of rotatable bonds is 4. The van der Waals surface area contributed by atoms with E-state index in [9.17, 15) is 0 Å². The first kappa shape index (κ1) is 12.3. The monoisotopic (exact) mass is 241 g/mol. The molecule has 0 radical (unpaired) electrons. The zero-order valence-electron chi connectivity index (χ0n) is 10.5. The van der Waals surface area contributed by atoms with Gasteiger partial charge in [-0.2, -0.15) is 5.26 Å². The van der Waals surface area contributed by atoms with Gasteiger partial charge in [-0.1, -0.05) is 11.2 Å². The Hall–Kier alpha value is -2.12. The first-order valence-electron chi connectivity index (χ1n) is 5.81. The summed E-state index contributed by atoms with van der Waals surface area (Å²) in [5.74, 6) is 0.832. The molecule has 0 amide bonds. The van der Waals surface area contributed by atoms with Gasteiger partial charge < -0.3 is 9.84 Å². The predicted octanol–water partition coefficient (Wildman–Crippen LogP) is 2.45. The molecular formula is C14H15N3O. The standard InChI is InChI=1S/C14H15N3O/c1-10-5-12(7-15)3-4-13(10)8-16-9-14-6-11(2)17-18-14/h3-6,16H,8-9H2,1-2H3. The summed E-state index contributed by atoms with van der Waals surface area (Å²) in [4.78, 5) is 0. The number of nitrogens with zero attached hydrogens (tertiary/aromatic N) is 2. The minimum atomic E-state index is 0.653. The molecular weight excluding hydrogens is 226 g/mol. The second-order valence-corrected chi connectivity index (χ2v) is 4.29. The van der Waals surface area contributed by atoms with E-state index in [1.165, 1.54) is 5.56 Å². The van der Waals surface area contributed by atoms with Crippen LogP contribution in [0.3, 0.4) is 0 Å². The normalized spacial score (nSPS) is 10.3. The van der Waals surface area contributed by atoms with Crippen LogP contribution in [0.25, 0.3) is 0 Å². The Balaban J connectivity index is 1.92. The van der Waals surface area contributed by atoms with Crippen LogP contribution in [0, 0.1) is 25.2 Å². The number of hydrogen-bond acceptors (Lipinski definition) is 4. The Morgan fingerprint density at radius 3 is 2.72 bits per heavy atom. The van der Waals surface area contributed by atoms with E-state index in [0.717, 1.165) is 23.6 Å². The first-order valence-corrected chi connectivity index (χ1v) is 5.81. The van der Waals surface area contributed by atoms with Gasteiger partial charge in [-0.3, -0.25) is 0 Å². The minimum Gasteiger partial charge on any atom is -0.360 e. The lowest BCUT2D eigenvalue weighted by Gasteiger charge is -2.06. The molecule has 2 rings (SSSR count). The number of aromatic nitrogens is 1. The summed E-state index contributed by atoms with van der Waals surface area (Å²) in [5, 5.41) is 15.9. The van der Waals surface area contributed by atoms with Crippen LogP contribution >= 0.6 is 0 Å². The predicted molar refractivity (Wildman–Crippen MR) is 67.7 cm³/mol. The maximum absolute atomic E-state index is 8.80. The molecule has 0 unspecified atom stereocenters. The number of nitrogens with one attached hydrogen (secondary N) is 1. The smallest absolute Gasteiger partial charge is 0.150 e. The summed E-state index contributed by atoms with van der Waals surface area (Å²) in [6.45, 7) is 5.31. The number of aryl methyl sites for hydroxylation is 2. The highest BCUT2D eigenvalue weighted by molar-refractivity contribution is 5.37. The van der Waals surface area contributed by atoms with Crippen LogP contribution in [0.4, 0.5) is 0 Å². The summed E-state index contributed by atoms with van der Waals surface area (Å²) in [6, 6.07) is 9.76. The molecule has 0 saturated carbocycles. The van der Waals surface area contributed by atoms with Crippen LogP contribution in [-0.4, -0.2) is 5.16 Å². The molecule has 0 aliphatic rings. The SMILES string of the molecule is Cc1cc(CNCc2ccc(C#N)cc2C)on1. The average Bonchev–Trinajstić information content (AvgIpc) is 2.77. The molecule has 0 fully saturated rings. The molecule has 0 aliphatic heterocycles. The van der Waals surface area contributed by atoms with Gasteiger partial charge in [0.2, 0.25) is 0 Å². The van der Waals surface area contributed by atoms with Crippen molar-refractivity contribution in [2.24, 2.45) is 0 Å². The topological polar surface area (TPSA) is 61.9 Å². The lowest BCUT2D eigenvalue weighted by atomic mass is 10.1. The fraction of sp³-hybridized carbons (Fsp3) is 0.286. The van der Waals surface area contributed by atoms with Crippen LogP contribution in [0.5, 0.6) is 0 Å². The highest BCUT2D eigenvalue weighted by Gasteiger charge is 2.02. The first-order chi connectivity index (χ1) is 8.69. The number of benzene rings is 1. The van der Waals surface area contributed by atoms with Gasteiger partial charge in [0.15, 0.2) is 5.76 Å². The molecule has 0 saturated heterocycles. The molecule has 0 spiro atoms. The van der Waals surface area contributed by atoms with Crippen molar-refractivity contribution in [3.63, 3.8) is 0 Å². The minimum absolute atomic E-state index is 0.653. The largest absolute Gasteiger partial charge is 0.360 e. The Bertz CT molecular complexity index is 581. The van der Waals surface area contributed by atoms with E-state index in [1.54, 1.807) is 0 Å². The van der Waals surface area contributed by atoms with Crippen molar-refractivity contribution in [2.75, 3.05) is 0 Å². The second kappa shape index (κ2) is 5.48. The molecule has 4 heteroatoms. The maximum Gasteiger partial charge on any atom is 0.150 e. The van der Waals surface area contributed by atoms with Gasteiger partial charge in [0.05, 0.1) is 23.9 Å². The quantitative estimate of drug-likeness (QED) is 0.893. The lowest BCUT2D eigenvalue weighted by molar-refractivity contribution is 0.369. The second-order valence-electron chi connectivity index (χ2n) is 4.29. The highest BCUT2D eigenvalue weighted by atomic mass is 16.5. The average molecular weight is 241 g/mol. The third-order valence-corrected chi connectivity index (χ3v) is 2.76. The van der Waals surface area contributed by atoms with E-state index in [4.69, 9.17) is 9.78 Å². The van der Waals surface area contributed by atoms with Crippen molar-refractivity contribution in [3.8, 4) is 6.07 Å². The highest BCUT2D eigenvalue weighted by Crippen LogP contribution is 2.10. The fourth-order valence-electron chi connectivity index (χ4n) is 1.78. The van der Waals surface area contributed by atoms with Crippen molar-refractivity contribution >= 4 is 0 Å². The molecule has 0 aliphatic carbocycles. The van der Waals surface area contributed by atoms with Gasteiger partial charge in [0.25, 0.3) is 0 Å². The molecule has 1 N–H and O–H groups in total. The van der Waals surface area contributed by atoms with Crippen LogP contribution in [-0.2, 0) is 13.1 Å². The van der Waals surface area contributed by atoms with Crippen LogP contribution < -0.4 is 5.32 Å². The Morgan fingerprint density at radius 1 is 1.28 bits per heavy atom. The number of hydrogen-bond donors (Lipinski definition) is 1. The van der Waals surface area contributed by atoms with E-state index < -0.39 is 0 Å².